The van der Waals surface area contributed by atoms with Crippen LogP contribution in [-0.2, 0) is 10.4 Å². The van der Waals surface area contributed by atoms with Crippen molar-refractivity contribution in [2.24, 2.45) is 0 Å². The molecule has 3 heterocycles. The molecule has 1 atom stereocenters. The monoisotopic (exact) mass is 423 g/mol. The van der Waals surface area contributed by atoms with E-state index in [2.05, 4.69) is 15.0 Å². The molecule has 1 aliphatic rings. The topological polar surface area (TPSA) is 105 Å². The Hall–Kier alpha value is -3.54. The first-order chi connectivity index (χ1) is 14.7. The van der Waals surface area contributed by atoms with Crippen LogP contribution in [-0.4, -0.2) is 44.6 Å². The summed E-state index contributed by atoms with van der Waals surface area (Å²) in [4.78, 5) is 26.2. The lowest BCUT2D eigenvalue weighted by atomic mass is 9.95. The maximum absolute atomic E-state index is 15.8. The highest BCUT2D eigenvalue weighted by Gasteiger charge is 2.44. The van der Waals surface area contributed by atoms with Gasteiger partial charge in [-0.2, -0.15) is 5.26 Å². The SMILES string of the molecule is CC(C)(C)OC(=O)N1CCCC(F)(c2nc3cc(-c4cc(C#N)ncn4)ccc3o2)C1. The number of piperidine rings is 1. The van der Waals surface area contributed by atoms with Crippen LogP contribution in [0.4, 0.5) is 9.18 Å². The van der Waals surface area contributed by atoms with Crippen molar-refractivity contribution in [2.75, 3.05) is 13.1 Å². The first-order valence-corrected chi connectivity index (χ1v) is 9.97. The number of benzene rings is 1. The molecule has 0 N–H and O–H groups in total. The average molecular weight is 423 g/mol. The van der Waals surface area contributed by atoms with Crippen LogP contribution in [0.2, 0.25) is 0 Å². The fourth-order valence-electron chi connectivity index (χ4n) is 3.52. The number of hydrogen-bond donors (Lipinski definition) is 0. The van der Waals surface area contributed by atoms with Crippen LogP contribution in [0.25, 0.3) is 22.4 Å². The van der Waals surface area contributed by atoms with Crippen LogP contribution in [0.3, 0.4) is 0 Å². The van der Waals surface area contributed by atoms with E-state index in [9.17, 15) is 4.79 Å². The standard InChI is InChI=1S/C22H22FN5O3/c1-21(2,3)31-20(29)28-8-4-7-22(23,12-28)19-27-17-9-14(5-6-18(17)30-19)16-10-15(11-24)25-13-26-16/h5-6,9-10,13H,4,7-8,12H2,1-3H3. The van der Waals surface area contributed by atoms with Crippen molar-refractivity contribution in [3.05, 3.63) is 42.2 Å². The summed E-state index contributed by atoms with van der Waals surface area (Å²) in [5, 5.41) is 9.03. The van der Waals surface area contributed by atoms with Crippen LogP contribution in [0.1, 0.15) is 45.2 Å². The lowest BCUT2D eigenvalue weighted by Crippen LogP contribution is -2.48. The Morgan fingerprint density at radius 3 is 2.87 bits per heavy atom. The highest BCUT2D eigenvalue weighted by atomic mass is 19.1. The second-order valence-electron chi connectivity index (χ2n) is 8.57. The molecule has 2 aromatic heterocycles. The van der Waals surface area contributed by atoms with Gasteiger partial charge in [-0.1, -0.05) is 0 Å². The summed E-state index contributed by atoms with van der Waals surface area (Å²) in [6, 6.07) is 8.72. The van der Waals surface area contributed by atoms with Gasteiger partial charge in [0.15, 0.2) is 5.58 Å². The molecule has 8 nitrogen and oxygen atoms in total. The quantitative estimate of drug-likeness (QED) is 0.603. The number of nitriles is 1. The summed E-state index contributed by atoms with van der Waals surface area (Å²) in [6.45, 7) is 5.55. The average Bonchev–Trinajstić information content (AvgIpc) is 3.17. The summed E-state index contributed by atoms with van der Waals surface area (Å²) in [7, 11) is 0. The molecule has 160 valence electrons. The lowest BCUT2D eigenvalue weighted by Gasteiger charge is -2.36. The fourth-order valence-corrected chi connectivity index (χ4v) is 3.52. The van der Waals surface area contributed by atoms with E-state index < -0.39 is 17.4 Å². The van der Waals surface area contributed by atoms with E-state index in [-0.39, 0.29) is 24.6 Å². The van der Waals surface area contributed by atoms with E-state index in [1.807, 2.05) is 6.07 Å². The van der Waals surface area contributed by atoms with Gasteiger partial charge in [-0.15, -0.1) is 0 Å². The normalized spacial score (nSPS) is 19.3. The van der Waals surface area contributed by atoms with Crippen molar-refractivity contribution in [1.82, 2.24) is 19.9 Å². The minimum atomic E-state index is -1.91. The van der Waals surface area contributed by atoms with Crippen LogP contribution in [0.15, 0.2) is 35.0 Å². The van der Waals surface area contributed by atoms with Gasteiger partial charge in [0.25, 0.3) is 0 Å². The van der Waals surface area contributed by atoms with Crippen molar-refractivity contribution in [3.8, 4) is 17.3 Å². The Kier molecular flexibility index (Phi) is 5.09. The van der Waals surface area contributed by atoms with Crippen molar-refractivity contribution in [3.63, 3.8) is 0 Å². The number of oxazole rings is 1. The van der Waals surface area contributed by atoms with Gasteiger partial charge in [-0.3, -0.25) is 0 Å². The Balaban J connectivity index is 1.61. The summed E-state index contributed by atoms with van der Waals surface area (Å²) in [5.41, 5.74) is -0.153. The van der Waals surface area contributed by atoms with Gasteiger partial charge in [0, 0.05) is 18.2 Å². The van der Waals surface area contributed by atoms with Crippen molar-refractivity contribution >= 4 is 17.2 Å². The molecule has 0 bridgehead atoms. The van der Waals surface area contributed by atoms with Crippen LogP contribution < -0.4 is 0 Å². The third-order valence-electron chi connectivity index (χ3n) is 4.94. The number of ether oxygens (including phenoxy) is 1. The molecular weight excluding hydrogens is 401 g/mol. The largest absolute Gasteiger partial charge is 0.444 e. The Morgan fingerprint density at radius 1 is 1.32 bits per heavy atom. The number of hydrogen-bond acceptors (Lipinski definition) is 7. The van der Waals surface area contributed by atoms with Gasteiger partial charge in [0.1, 0.15) is 29.2 Å². The number of nitrogens with zero attached hydrogens (tertiary/aromatic N) is 5. The zero-order chi connectivity index (χ0) is 22.2. The van der Waals surface area contributed by atoms with E-state index in [0.717, 1.165) is 0 Å². The zero-order valence-electron chi connectivity index (χ0n) is 17.6. The van der Waals surface area contributed by atoms with E-state index in [1.54, 1.807) is 45.0 Å². The minimum absolute atomic E-state index is 0.0617. The summed E-state index contributed by atoms with van der Waals surface area (Å²) >= 11 is 0. The number of carbonyl (C=O) groups is 1. The van der Waals surface area contributed by atoms with Crippen LogP contribution in [0.5, 0.6) is 0 Å². The maximum atomic E-state index is 15.8. The maximum Gasteiger partial charge on any atom is 0.410 e. The van der Waals surface area contributed by atoms with Gasteiger partial charge in [-0.05, 0) is 51.8 Å². The molecule has 1 aromatic carbocycles. The third kappa shape index (κ3) is 4.33. The molecule has 1 saturated heterocycles. The number of carbonyl (C=O) groups excluding carboxylic acids is 1. The Morgan fingerprint density at radius 2 is 2.13 bits per heavy atom. The molecule has 1 unspecified atom stereocenters. The van der Waals surface area contributed by atoms with E-state index >= 15 is 4.39 Å². The second kappa shape index (κ2) is 7.61. The molecule has 4 rings (SSSR count). The second-order valence-corrected chi connectivity index (χ2v) is 8.57. The van der Waals surface area contributed by atoms with Crippen molar-refractivity contribution < 1.29 is 18.3 Å². The van der Waals surface area contributed by atoms with Crippen molar-refractivity contribution in [2.45, 2.75) is 44.9 Å². The molecule has 0 aliphatic carbocycles. The molecular formula is C22H22FN5O3. The highest BCUT2D eigenvalue weighted by Crippen LogP contribution is 2.37. The summed E-state index contributed by atoms with van der Waals surface area (Å²) in [5.74, 6) is -0.0617. The summed E-state index contributed by atoms with van der Waals surface area (Å²) in [6.07, 6.45) is 1.43. The number of amides is 1. The molecule has 0 spiro atoms. The fraction of sp³-hybridized carbons (Fsp3) is 0.409. The first kappa shape index (κ1) is 20.7. The van der Waals surface area contributed by atoms with Gasteiger partial charge in [0.05, 0.1) is 12.2 Å². The number of fused-ring (bicyclic) bond motifs is 1. The Bertz CT molecular complexity index is 1180. The summed E-state index contributed by atoms with van der Waals surface area (Å²) < 4.78 is 27.0. The molecule has 1 fully saturated rings. The highest BCUT2D eigenvalue weighted by molar-refractivity contribution is 5.79. The Labute approximate surface area is 178 Å². The molecule has 0 radical (unpaired) electrons. The third-order valence-corrected chi connectivity index (χ3v) is 4.94. The van der Waals surface area contributed by atoms with Crippen molar-refractivity contribution in [1.29, 1.82) is 5.26 Å². The smallest absolute Gasteiger partial charge is 0.410 e. The molecule has 31 heavy (non-hydrogen) atoms. The predicted octanol–water partition coefficient (Wildman–Crippen LogP) is 4.35. The molecule has 1 amide bonds. The van der Waals surface area contributed by atoms with Gasteiger partial charge < -0.3 is 14.1 Å². The van der Waals surface area contributed by atoms with Crippen LogP contribution in [0, 0.1) is 11.3 Å². The van der Waals surface area contributed by atoms with E-state index in [0.29, 0.717) is 35.3 Å². The minimum Gasteiger partial charge on any atom is -0.444 e. The molecule has 1 aliphatic heterocycles. The van der Waals surface area contributed by atoms with E-state index in [4.69, 9.17) is 14.4 Å². The number of rotatable bonds is 2. The first-order valence-electron chi connectivity index (χ1n) is 9.97. The van der Waals surface area contributed by atoms with Gasteiger partial charge in [0.2, 0.25) is 11.6 Å². The predicted molar refractivity (Wildman–Crippen MR) is 110 cm³/mol. The molecule has 3 aromatic rings. The lowest BCUT2D eigenvalue weighted by molar-refractivity contribution is -0.0140. The molecule has 9 heteroatoms. The van der Waals surface area contributed by atoms with Gasteiger partial charge >= 0.3 is 6.09 Å². The van der Waals surface area contributed by atoms with E-state index in [1.165, 1.54) is 11.2 Å². The molecule has 0 saturated carbocycles. The number of halogens is 1. The van der Waals surface area contributed by atoms with Gasteiger partial charge in [-0.25, -0.2) is 24.1 Å². The number of aromatic nitrogens is 3. The van der Waals surface area contributed by atoms with Crippen LogP contribution >= 0.6 is 0 Å². The zero-order valence-corrected chi connectivity index (χ0v) is 17.6. The number of likely N-dealkylation sites (tertiary alicyclic amines) is 1. The number of alkyl halides is 1.